The van der Waals surface area contributed by atoms with Gasteiger partial charge in [0, 0.05) is 18.0 Å². The quantitative estimate of drug-likeness (QED) is 0.744. The third-order valence-electron chi connectivity index (χ3n) is 4.13. The van der Waals surface area contributed by atoms with Crippen molar-refractivity contribution in [2.24, 2.45) is 0 Å². The molecule has 0 fully saturated rings. The number of nitrogens with one attached hydrogen (secondary N) is 1. The topological polar surface area (TPSA) is 25.2 Å². The molecule has 0 aliphatic rings. The van der Waals surface area contributed by atoms with E-state index in [1.54, 1.807) is 6.26 Å². The lowest BCUT2D eigenvalue weighted by atomic mass is 9.95. The SMILES string of the molecule is CCc1occc1C(Cc1cccc2ccccc12)NC. The third-order valence-corrected chi connectivity index (χ3v) is 4.13. The molecule has 3 aromatic rings. The van der Waals surface area contributed by atoms with Gasteiger partial charge in [-0.25, -0.2) is 0 Å². The van der Waals surface area contributed by atoms with E-state index in [2.05, 4.69) is 60.8 Å². The van der Waals surface area contributed by atoms with E-state index in [0.717, 1.165) is 18.6 Å². The van der Waals surface area contributed by atoms with Crippen LogP contribution < -0.4 is 5.32 Å². The fraction of sp³-hybridized carbons (Fsp3) is 0.263. The molecule has 2 aromatic carbocycles. The van der Waals surface area contributed by atoms with Gasteiger partial charge in [0.25, 0.3) is 0 Å². The highest BCUT2D eigenvalue weighted by Crippen LogP contribution is 2.27. The Morgan fingerprint density at radius 3 is 2.67 bits per heavy atom. The fourth-order valence-corrected chi connectivity index (χ4v) is 3.01. The molecule has 1 heterocycles. The number of hydrogen-bond acceptors (Lipinski definition) is 2. The average molecular weight is 279 g/mol. The van der Waals surface area contributed by atoms with Crippen molar-refractivity contribution >= 4 is 10.8 Å². The molecule has 0 aliphatic carbocycles. The zero-order valence-electron chi connectivity index (χ0n) is 12.6. The second kappa shape index (κ2) is 6.15. The molecule has 0 aliphatic heterocycles. The summed E-state index contributed by atoms with van der Waals surface area (Å²) in [6.45, 7) is 2.13. The lowest BCUT2D eigenvalue weighted by molar-refractivity contribution is 0.495. The lowest BCUT2D eigenvalue weighted by Crippen LogP contribution is -2.19. The lowest BCUT2D eigenvalue weighted by Gasteiger charge is -2.17. The first-order chi connectivity index (χ1) is 10.3. The van der Waals surface area contributed by atoms with Crippen molar-refractivity contribution in [2.75, 3.05) is 7.05 Å². The van der Waals surface area contributed by atoms with Gasteiger partial charge in [-0.2, -0.15) is 0 Å². The minimum Gasteiger partial charge on any atom is -0.469 e. The minimum atomic E-state index is 0.282. The van der Waals surface area contributed by atoms with E-state index in [9.17, 15) is 0 Å². The monoisotopic (exact) mass is 279 g/mol. The van der Waals surface area contributed by atoms with Gasteiger partial charge in [-0.3, -0.25) is 0 Å². The molecule has 1 aromatic heterocycles. The summed E-state index contributed by atoms with van der Waals surface area (Å²) < 4.78 is 5.58. The summed E-state index contributed by atoms with van der Waals surface area (Å²) in [7, 11) is 2.02. The molecule has 3 rings (SSSR count). The van der Waals surface area contributed by atoms with Gasteiger partial charge in [-0.1, -0.05) is 49.4 Å². The maximum atomic E-state index is 5.58. The van der Waals surface area contributed by atoms with E-state index in [1.165, 1.54) is 21.9 Å². The van der Waals surface area contributed by atoms with Crippen LogP contribution >= 0.6 is 0 Å². The van der Waals surface area contributed by atoms with E-state index in [0.29, 0.717) is 0 Å². The largest absolute Gasteiger partial charge is 0.469 e. The van der Waals surface area contributed by atoms with Crippen molar-refractivity contribution in [3.63, 3.8) is 0 Å². The zero-order valence-corrected chi connectivity index (χ0v) is 12.6. The molecule has 2 heteroatoms. The van der Waals surface area contributed by atoms with Gasteiger partial charge in [0.05, 0.1) is 6.26 Å². The Morgan fingerprint density at radius 2 is 1.86 bits per heavy atom. The second-order valence-corrected chi connectivity index (χ2v) is 5.34. The summed E-state index contributed by atoms with van der Waals surface area (Å²) in [5.74, 6) is 1.08. The van der Waals surface area contributed by atoms with E-state index in [4.69, 9.17) is 4.42 Å². The van der Waals surface area contributed by atoms with Crippen molar-refractivity contribution < 1.29 is 4.42 Å². The maximum absolute atomic E-state index is 5.58. The van der Waals surface area contributed by atoms with E-state index in [-0.39, 0.29) is 6.04 Å². The predicted molar refractivity (Wildman–Crippen MR) is 87.5 cm³/mol. The molecular weight excluding hydrogens is 258 g/mol. The third kappa shape index (κ3) is 2.72. The summed E-state index contributed by atoms with van der Waals surface area (Å²) >= 11 is 0. The Balaban J connectivity index is 1.96. The van der Waals surface area contributed by atoms with Crippen LogP contribution in [0.2, 0.25) is 0 Å². The van der Waals surface area contributed by atoms with Gasteiger partial charge in [-0.05, 0) is 35.9 Å². The summed E-state index contributed by atoms with van der Waals surface area (Å²) in [6.07, 6.45) is 3.68. The van der Waals surface area contributed by atoms with Gasteiger partial charge in [-0.15, -0.1) is 0 Å². The van der Waals surface area contributed by atoms with Gasteiger partial charge >= 0.3 is 0 Å². The normalized spacial score (nSPS) is 12.7. The number of rotatable bonds is 5. The van der Waals surface area contributed by atoms with Crippen LogP contribution in [0, 0.1) is 0 Å². The van der Waals surface area contributed by atoms with Crippen LogP contribution in [0.15, 0.2) is 59.2 Å². The van der Waals surface area contributed by atoms with Crippen LogP contribution in [-0.2, 0) is 12.8 Å². The Morgan fingerprint density at radius 1 is 1.05 bits per heavy atom. The molecule has 1 atom stereocenters. The van der Waals surface area contributed by atoms with Gasteiger partial charge in [0.2, 0.25) is 0 Å². The van der Waals surface area contributed by atoms with E-state index < -0.39 is 0 Å². The van der Waals surface area contributed by atoms with Gasteiger partial charge in [0.1, 0.15) is 5.76 Å². The van der Waals surface area contributed by atoms with Crippen LogP contribution in [0.3, 0.4) is 0 Å². The predicted octanol–water partition coefficient (Wildman–Crippen LogP) is 4.50. The minimum absolute atomic E-state index is 0.282. The van der Waals surface area contributed by atoms with Crippen molar-refractivity contribution in [1.82, 2.24) is 5.32 Å². The summed E-state index contributed by atoms with van der Waals surface area (Å²) in [4.78, 5) is 0. The first-order valence-corrected chi connectivity index (χ1v) is 7.53. The fourth-order valence-electron chi connectivity index (χ4n) is 3.01. The van der Waals surface area contributed by atoms with Crippen LogP contribution in [0.5, 0.6) is 0 Å². The highest BCUT2D eigenvalue weighted by atomic mass is 16.3. The van der Waals surface area contributed by atoms with E-state index in [1.807, 2.05) is 7.05 Å². The number of furan rings is 1. The van der Waals surface area contributed by atoms with Crippen molar-refractivity contribution in [3.8, 4) is 0 Å². The standard InChI is InChI=1S/C19H21NO/c1-3-19-17(11-12-21-19)18(20-2)13-15-9-6-8-14-7-4-5-10-16(14)15/h4-12,18,20H,3,13H2,1-2H3. The Kier molecular flexibility index (Phi) is 4.07. The average Bonchev–Trinajstić information content (AvgIpc) is 3.01. The molecule has 108 valence electrons. The molecule has 0 bridgehead atoms. The van der Waals surface area contributed by atoms with Gasteiger partial charge < -0.3 is 9.73 Å². The smallest absolute Gasteiger partial charge is 0.108 e. The number of likely N-dealkylation sites (N-methyl/N-ethyl adjacent to an activating group) is 1. The molecule has 0 saturated carbocycles. The first-order valence-electron chi connectivity index (χ1n) is 7.53. The van der Waals surface area contributed by atoms with Crippen LogP contribution in [0.25, 0.3) is 10.8 Å². The van der Waals surface area contributed by atoms with Gasteiger partial charge in [0.15, 0.2) is 0 Å². The molecule has 1 N–H and O–H groups in total. The zero-order chi connectivity index (χ0) is 14.7. The van der Waals surface area contributed by atoms with Crippen LogP contribution in [0.4, 0.5) is 0 Å². The van der Waals surface area contributed by atoms with Crippen LogP contribution in [0.1, 0.15) is 29.9 Å². The molecule has 0 spiro atoms. The van der Waals surface area contributed by atoms with E-state index >= 15 is 0 Å². The first kappa shape index (κ1) is 13.9. The number of hydrogen-bond donors (Lipinski definition) is 1. The summed E-state index contributed by atoms with van der Waals surface area (Å²) in [5.41, 5.74) is 2.64. The molecular formula is C19H21NO. The Bertz CT molecular complexity index is 724. The number of benzene rings is 2. The number of fused-ring (bicyclic) bond motifs is 1. The maximum Gasteiger partial charge on any atom is 0.108 e. The van der Waals surface area contributed by atoms with Crippen molar-refractivity contribution in [3.05, 3.63) is 71.7 Å². The molecule has 0 saturated heterocycles. The van der Waals surface area contributed by atoms with Crippen molar-refractivity contribution in [2.45, 2.75) is 25.8 Å². The molecule has 1 unspecified atom stereocenters. The Labute approximate surface area is 125 Å². The summed E-state index contributed by atoms with van der Waals surface area (Å²) in [5, 5.41) is 6.07. The molecule has 2 nitrogen and oxygen atoms in total. The molecule has 21 heavy (non-hydrogen) atoms. The molecule has 0 radical (unpaired) electrons. The highest BCUT2D eigenvalue weighted by molar-refractivity contribution is 5.85. The number of aryl methyl sites for hydroxylation is 1. The Hall–Kier alpha value is -2.06. The van der Waals surface area contributed by atoms with Crippen molar-refractivity contribution in [1.29, 1.82) is 0 Å². The highest BCUT2D eigenvalue weighted by Gasteiger charge is 2.16. The second-order valence-electron chi connectivity index (χ2n) is 5.34. The molecule has 0 amide bonds. The summed E-state index contributed by atoms with van der Waals surface area (Å²) in [6, 6.07) is 17.5. The van der Waals surface area contributed by atoms with Crippen LogP contribution in [-0.4, -0.2) is 7.05 Å².